The molecule has 0 aliphatic heterocycles. The highest BCUT2D eigenvalue weighted by Gasteiger charge is 2.17. The summed E-state index contributed by atoms with van der Waals surface area (Å²) in [6.07, 6.45) is 1.90. The van der Waals surface area contributed by atoms with Crippen LogP contribution in [0.5, 0.6) is 0 Å². The maximum Gasteiger partial charge on any atom is 0.261 e. The van der Waals surface area contributed by atoms with E-state index in [9.17, 15) is 5.11 Å². The Hall–Kier alpha value is -1.69. The lowest BCUT2D eigenvalue weighted by molar-refractivity contribution is 0.184. The van der Waals surface area contributed by atoms with E-state index in [1.165, 1.54) is 0 Å². The standard InChI is InChI=1S/C10H14N4O2/c1-4-8-7(5-14(3)12-8)10-11-9(6(2)15)13-16-10/h5-6,15H,4H2,1-3H3. The molecule has 0 fully saturated rings. The molecule has 2 rings (SSSR count). The summed E-state index contributed by atoms with van der Waals surface area (Å²) in [6.45, 7) is 3.61. The molecule has 1 unspecified atom stereocenters. The van der Waals surface area contributed by atoms with Gasteiger partial charge in [-0.1, -0.05) is 12.1 Å². The van der Waals surface area contributed by atoms with Crippen LogP contribution in [-0.2, 0) is 13.5 Å². The van der Waals surface area contributed by atoms with Crippen LogP contribution in [0.4, 0.5) is 0 Å². The molecule has 0 saturated carbocycles. The summed E-state index contributed by atoms with van der Waals surface area (Å²) in [5, 5.41) is 17.3. The van der Waals surface area contributed by atoms with Crippen molar-refractivity contribution in [1.29, 1.82) is 0 Å². The van der Waals surface area contributed by atoms with Crippen LogP contribution in [0, 0.1) is 0 Å². The summed E-state index contributed by atoms with van der Waals surface area (Å²) in [7, 11) is 1.84. The first-order valence-corrected chi connectivity index (χ1v) is 5.16. The zero-order chi connectivity index (χ0) is 11.7. The summed E-state index contributed by atoms with van der Waals surface area (Å²) in [4.78, 5) is 4.12. The first kappa shape index (κ1) is 10.8. The van der Waals surface area contributed by atoms with E-state index < -0.39 is 6.10 Å². The summed E-state index contributed by atoms with van der Waals surface area (Å²) in [5.74, 6) is 0.696. The second-order valence-electron chi connectivity index (χ2n) is 3.65. The lowest BCUT2D eigenvalue weighted by Crippen LogP contribution is -1.93. The van der Waals surface area contributed by atoms with Crippen LogP contribution in [0.1, 0.15) is 31.5 Å². The molecule has 1 atom stereocenters. The quantitative estimate of drug-likeness (QED) is 0.841. The molecule has 2 aromatic heterocycles. The molecule has 0 saturated heterocycles. The Morgan fingerprint density at radius 2 is 2.31 bits per heavy atom. The van der Waals surface area contributed by atoms with E-state index in [1.54, 1.807) is 11.6 Å². The van der Waals surface area contributed by atoms with E-state index in [1.807, 2.05) is 20.2 Å². The van der Waals surface area contributed by atoms with Gasteiger partial charge in [0.25, 0.3) is 5.89 Å². The van der Waals surface area contributed by atoms with Crippen LogP contribution < -0.4 is 0 Å². The minimum atomic E-state index is -0.723. The molecule has 2 heterocycles. The number of aromatic nitrogens is 4. The number of nitrogens with zero attached hydrogens (tertiary/aromatic N) is 4. The number of aliphatic hydroxyl groups excluding tert-OH is 1. The minimum absolute atomic E-state index is 0.293. The summed E-state index contributed by atoms with van der Waals surface area (Å²) >= 11 is 0. The van der Waals surface area contributed by atoms with Gasteiger partial charge < -0.3 is 9.63 Å². The van der Waals surface area contributed by atoms with Crippen LogP contribution in [0.3, 0.4) is 0 Å². The Balaban J connectivity index is 2.41. The van der Waals surface area contributed by atoms with Crippen molar-refractivity contribution in [3.63, 3.8) is 0 Å². The van der Waals surface area contributed by atoms with Crippen LogP contribution >= 0.6 is 0 Å². The second-order valence-corrected chi connectivity index (χ2v) is 3.65. The topological polar surface area (TPSA) is 77.0 Å². The predicted molar refractivity (Wildman–Crippen MR) is 56.5 cm³/mol. The van der Waals surface area contributed by atoms with Crippen molar-refractivity contribution in [3.8, 4) is 11.5 Å². The fraction of sp³-hybridized carbons (Fsp3) is 0.500. The molecular formula is C10H14N4O2. The molecule has 0 bridgehead atoms. The Labute approximate surface area is 92.9 Å². The third-order valence-electron chi connectivity index (χ3n) is 2.29. The van der Waals surface area contributed by atoms with Gasteiger partial charge in [-0.15, -0.1) is 0 Å². The largest absolute Gasteiger partial charge is 0.385 e. The van der Waals surface area contributed by atoms with Crippen molar-refractivity contribution in [3.05, 3.63) is 17.7 Å². The van der Waals surface area contributed by atoms with Crippen LogP contribution in [0.25, 0.3) is 11.5 Å². The van der Waals surface area contributed by atoms with E-state index in [4.69, 9.17) is 4.52 Å². The number of hydrogen-bond donors (Lipinski definition) is 1. The maximum atomic E-state index is 9.31. The molecule has 6 heteroatoms. The van der Waals surface area contributed by atoms with Gasteiger partial charge >= 0.3 is 0 Å². The Morgan fingerprint density at radius 3 is 2.88 bits per heavy atom. The van der Waals surface area contributed by atoms with Gasteiger partial charge in [-0.3, -0.25) is 4.68 Å². The van der Waals surface area contributed by atoms with Gasteiger partial charge in [0.05, 0.1) is 11.3 Å². The van der Waals surface area contributed by atoms with Crippen molar-refractivity contribution in [2.45, 2.75) is 26.4 Å². The van der Waals surface area contributed by atoms with Crippen LogP contribution in [0.15, 0.2) is 10.7 Å². The van der Waals surface area contributed by atoms with Crippen LogP contribution in [-0.4, -0.2) is 25.0 Å². The smallest absolute Gasteiger partial charge is 0.261 e. The second kappa shape index (κ2) is 4.05. The third-order valence-corrected chi connectivity index (χ3v) is 2.29. The van der Waals surface area contributed by atoms with Crippen molar-refractivity contribution in [1.82, 2.24) is 19.9 Å². The Kier molecular flexibility index (Phi) is 2.74. The van der Waals surface area contributed by atoms with Gasteiger partial charge in [0.1, 0.15) is 6.10 Å². The first-order chi connectivity index (χ1) is 7.61. The Morgan fingerprint density at radius 1 is 1.56 bits per heavy atom. The molecule has 0 aromatic carbocycles. The lowest BCUT2D eigenvalue weighted by atomic mass is 10.2. The van der Waals surface area contributed by atoms with E-state index in [2.05, 4.69) is 15.2 Å². The van der Waals surface area contributed by atoms with Gasteiger partial charge in [0.2, 0.25) is 0 Å². The maximum absolute atomic E-state index is 9.31. The van der Waals surface area contributed by atoms with Gasteiger partial charge in [-0.25, -0.2) is 0 Å². The van der Waals surface area contributed by atoms with Crippen molar-refractivity contribution < 1.29 is 9.63 Å². The molecule has 0 spiro atoms. The number of aryl methyl sites for hydroxylation is 2. The summed E-state index contributed by atoms with van der Waals surface area (Å²) in [5.41, 5.74) is 1.73. The molecular weight excluding hydrogens is 208 g/mol. The molecule has 16 heavy (non-hydrogen) atoms. The average Bonchev–Trinajstić information content (AvgIpc) is 2.82. The number of aliphatic hydroxyl groups is 1. The zero-order valence-electron chi connectivity index (χ0n) is 9.51. The normalized spacial score (nSPS) is 13.0. The van der Waals surface area contributed by atoms with Crippen molar-refractivity contribution in [2.24, 2.45) is 7.05 Å². The third kappa shape index (κ3) is 1.83. The van der Waals surface area contributed by atoms with Gasteiger partial charge in [0, 0.05) is 13.2 Å². The highest BCUT2D eigenvalue weighted by Crippen LogP contribution is 2.22. The first-order valence-electron chi connectivity index (χ1n) is 5.16. The highest BCUT2D eigenvalue weighted by atomic mass is 16.5. The highest BCUT2D eigenvalue weighted by molar-refractivity contribution is 5.55. The average molecular weight is 222 g/mol. The summed E-state index contributed by atoms with van der Waals surface area (Å²) in [6, 6.07) is 0. The van der Waals surface area contributed by atoms with Gasteiger partial charge in [0.15, 0.2) is 5.82 Å². The summed E-state index contributed by atoms with van der Waals surface area (Å²) < 4.78 is 6.80. The van der Waals surface area contributed by atoms with Gasteiger partial charge in [-0.2, -0.15) is 10.1 Å². The van der Waals surface area contributed by atoms with E-state index in [-0.39, 0.29) is 0 Å². The fourth-order valence-electron chi connectivity index (χ4n) is 1.49. The lowest BCUT2D eigenvalue weighted by Gasteiger charge is -1.92. The fourth-order valence-corrected chi connectivity index (χ4v) is 1.49. The minimum Gasteiger partial charge on any atom is -0.385 e. The molecule has 6 nitrogen and oxygen atoms in total. The molecule has 0 aliphatic rings. The molecule has 86 valence electrons. The van der Waals surface area contributed by atoms with Crippen molar-refractivity contribution >= 4 is 0 Å². The van der Waals surface area contributed by atoms with Crippen LogP contribution in [0.2, 0.25) is 0 Å². The van der Waals surface area contributed by atoms with E-state index in [0.29, 0.717) is 11.7 Å². The SMILES string of the molecule is CCc1nn(C)cc1-c1nc(C(C)O)no1. The van der Waals surface area contributed by atoms with Crippen molar-refractivity contribution in [2.75, 3.05) is 0 Å². The molecule has 0 radical (unpaired) electrons. The Bertz CT molecular complexity index is 487. The number of hydrogen-bond acceptors (Lipinski definition) is 5. The monoisotopic (exact) mass is 222 g/mol. The molecule has 0 amide bonds. The van der Waals surface area contributed by atoms with Gasteiger partial charge in [-0.05, 0) is 13.3 Å². The molecule has 2 aromatic rings. The predicted octanol–water partition coefficient (Wildman–Crippen LogP) is 1.09. The van der Waals surface area contributed by atoms with E-state index in [0.717, 1.165) is 17.7 Å². The molecule has 0 aliphatic carbocycles. The zero-order valence-corrected chi connectivity index (χ0v) is 9.51. The molecule has 1 N–H and O–H groups in total. The van der Waals surface area contributed by atoms with E-state index >= 15 is 0 Å². The number of rotatable bonds is 3.